The van der Waals surface area contributed by atoms with Crippen LogP contribution in [0.4, 0.5) is 4.79 Å². The predicted octanol–water partition coefficient (Wildman–Crippen LogP) is -2.45. The second-order valence-electron chi connectivity index (χ2n) is 0.250. The molecule has 0 atom stereocenters. The van der Waals surface area contributed by atoms with Crippen LogP contribution in [0.3, 0.4) is 0 Å². The molecule has 0 aliphatic rings. The first-order valence-corrected chi connectivity index (χ1v) is 0.612. The molecule has 6 heavy (non-hydrogen) atoms. The molecule has 1 radical (unpaired) electrons. The van der Waals surface area contributed by atoms with Gasteiger partial charge in [-0.1, -0.05) is 0 Å². The summed E-state index contributed by atoms with van der Waals surface area (Å²) < 4.78 is 0. The van der Waals surface area contributed by atoms with Gasteiger partial charge in [0.05, 0.1) is 0 Å². The molecule has 0 unspecified atom stereocenters. The van der Waals surface area contributed by atoms with Crippen LogP contribution in [0.15, 0.2) is 0 Å². The molecule has 0 aromatic heterocycles. The number of rotatable bonds is 0. The zero-order chi connectivity index (χ0) is 3.58. The number of carbonyl (C=O) groups is 1. The minimum absolute atomic E-state index is 0. The fourth-order valence-corrected chi connectivity index (χ4v) is 0. The second-order valence-corrected chi connectivity index (χ2v) is 0.250. The van der Waals surface area contributed by atoms with Gasteiger partial charge in [-0.2, -0.15) is 0 Å². The molecule has 0 spiro atoms. The van der Waals surface area contributed by atoms with E-state index in [4.69, 9.17) is 15.0 Å². The first-order valence-electron chi connectivity index (χ1n) is 0.612. The van der Waals surface area contributed by atoms with Crippen LogP contribution in [0, 0.1) is 0 Å². The third-order valence-electron chi connectivity index (χ3n) is 0. The number of carboxylic acid groups (broad SMARTS) is 2. The van der Waals surface area contributed by atoms with Crippen LogP contribution < -0.4 is 10.2 Å². The van der Waals surface area contributed by atoms with Crippen LogP contribution >= 0.6 is 0 Å². The van der Waals surface area contributed by atoms with Crippen LogP contribution in [-0.4, -0.2) is 6.16 Å². The zero-order valence-electron chi connectivity index (χ0n) is 2.73. The maximum Gasteiger partial charge on any atom is 2.00 e. The maximum absolute atomic E-state index is 8.33. The van der Waals surface area contributed by atoms with E-state index in [0.29, 0.717) is 0 Å². The number of hydrogen-bond donors (Lipinski definition) is 0. The summed E-state index contributed by atoms with van der Waals surface area (Å²) in [4.78, 5) is 8.33. The van der Waals surface area contributed by atoms with Crippen molar-refractivity contribution in [3.8, 4) is 0 Å². The van der Waals surface area contributed by atoms with E-state index in [1.807, 2.05) is 0 Å². The van der Waals surface area contributed by atoms with Crippen LogP contribution in [0.2, 0.25) is 0 Å². The molecule has 0 aliphatic heterocycles. The Morgan fingerprint density at radius 3 is 1.33 bits per heavy atom. The van der Waals surface area contributed by atoms with Gasteiger partial charge in [-0.25, -0.2) is 0 Å². The summed E-state index contributed by atoms with van der Waals surface area (Å²) >= 11 is 0. The van der Waals surface area contributed by atoms with Crippen LogP contribution in [0.5, 0.6) is 0 Å². The van der Waals surface area contributed by atoms with Crippen molar-refractivity contribution in [1.29, 1.82) is 0 Å². The van der Waals surface area contributed by atoms with E-state index in [2.05, 4.69) is 0 Å². The van der Waals surface area contributed by atoms with E-state index in [0.717, 1.165) is 0 Å². The van der Waals surface area contributed by atoms with Gasteiger partial charge in [0.15, 0.2) is 0 Å². The van der Waals surface area contributed by atoms with Crippen molar-refractivity contribution >= 4 is 6.16 Å². The van der Waals surface area contributed by atoms with Gasteiger partial charge in [0.2, 0.25) is 0 Å². The Kier molecular flexibility index (Phi) is 24.3. The molecule has 0 aliphatic carbocycles. The fraction of sp³-hybridized carbons (Fsp3) is 0. The van der Waals surface area contributed by atoms with Crippen molar-refractivity contribution in [2.45, 2.75) is 0 Å². The van der Waals surface area contributed by atoms with Gasteiger partial charge >= 0.3 is 17.1 Å². The smallest absolute Gasteiger partial charge is 0.652 e. The van der Waals surface area contributed by atoms with Gasteiger partial charge in [-0.3, -0.25) is 0 Å². The Morgan fingerprint density at radius 2 is 1.33 bits per heavy atom. The van der Waals surface area contributed by atoms with E-state index in [1.54, 1.807) is 0 Å². The topological polar surface area (TPSA) is 63.2 Å². The van der Waals surface area contributed by atoms with Crippen molar-refractivity contribution in [2.24, 2.45) is 0 Å². The second kappa shape index (κ2) is 9.05. The predicted molar refractivity (Wildman–Crippen MR) is 5.40 cm³/mol. The van der Waals surface area contributed by atoms with Crippen LogP contribution in [0.1, 0.15) is 0 Å². The van der Waals surface area contributed by atoms with Gasteiger partial charge in [0.25, 0.3) is 0 Å². The number of carbonyl (C=O) groups excluding carboxylic acids is 1. The molecule has 0 aromatic carbocycles. The Bertz CT molecular complexity index is 33.8. The maximum atomic E-state index is 8.33. The largest absolute Gasteiger partial charge is 2.00 e. The molecule has 0 bridgehead atoms. The summed E-state index contributed by atoms with van der Waals surface area (Å²) in [6, 6.07) is 0. The molecule has 0 aromatic rings. The van der Waals surface area contributed by atoms with E-state index < -0.39 is 6.16 Å². The molecule has 0 fully saturated rings. The van der Waals surface area contributed by atoms with Crippen LogP contribution in [-0.2, 0) is 36.5 Å². The van der Waals surface area contributed by atoms with Crippen molar-refractivity contribution in [2.75, 3.05) is 0 Å². The average molecular weight is 189 g/mol. The fourth-order valence-electron chi connectivity index (χ4n) is 0. The summed E-state index contributed by atoms with van der Waals surface area (Å²) in [6.07, 6.45) is -2.33. The first-order chi connectivity index (χ1) is 1.73. The molecule has 0 amide bonds. The molecular formula is CCuO3Zn. The quantitative estimate of drug-likeness (QED) is 0.397. The van der Waals surface area contributed by atoms with E-state index in [-0.39, 0.29) is 36.5 Å². The van der Waals surface area contributed by atoms with Gasteiger partial charge in [-0.05, 0) is 6.16 Å². The molecule has 0 saturated heterocycles. The summed E-state index contributed by atoms with van der Waals surface area (Å²) in [5, 5.41) is 16.7. The summed E-state index contributed by atoms with van der Waals surface area (Å²) in [7, 11) is 0. The van der Waals surface area contributed by atoms with Gasteiger partial charge in [0.1, 0.15) is 0 Å². The molecule has 0 heterocycles. The van der Waals surface area contributed by atoms with Crippen molar-refractivity contribution < 1.29 is 51.6 Å². The zero-order valence-corrected chi connectivity index (χ0v) is 6.64. The minimum atomic E-state index is -2.33. The Morgan fingerprint density at radius 1 is 1.33 bits per heavy atom. The van der Waals surface area contributed by atoms with Crippen molar-refractivity contribution in [3.05, 3.63) is 0 Å². The van der Waals surface area contributed by atoms with E-state index >= 15 is 0 Å². The van der Waals surface area contributed by atoms with Gasteiger partial charge < -0.3 is 15.0 Å². The summed E-state index contributed by atoms with van der Waals surface area (Å²) in [5.41, 5.74) is 0. The molecule has 0 saturated carbocycles. The van der Waals surface area contributed by atoms with Crippen molar-refractivity contribution in [1.82, 2.24) is 0 Å². The average Bonchev–Trinajstić information content (AvgIpc) is 0.811. The first kappa shape index (κ1) is 16.1. The standard InChI is InChI=1S/CH2O3.Cu.Zn/c2-1(3)4;;/h(H2,2,3,4);;/q;+2;/p-2. The normalized spacial score (nSPS) is 4.00. The Hall–Kier alpha value is 0.413. The summed E-state index contributed by atoms with van der Waals surface area (Å²) in [5.74, 6) is 0. The molecule has 5 heteroatoms. The third kappa shape index (κ3) is 302. The van der Waals surface area contributed by atoms with Crippen molar-refractivity contribution in [3.63, 3.8) is 0 Å². The Balaban J connectivity index is -0.0000000450. The summed E-state index contributed by atoms with van der Waals surface area (Å²) in [6.45, 7) is 0. The molecule has 0 rings (SSSR count). The monoisotopic (exact) mass is 187 g/mol. The van der Waals surface area contributed by atoms with E-state index in [9.17, 15) is 0 Å². The van der Waals surface area contributed by atoms with Gasteiger partial charge in [0, 0.05) is 19.5 Å². The third-order valence-corrected chi connectivity index (χ3v) is 0. The number of hydrogen-bond acceptors (Lipinski definition) is 3. The van der Waals surface area contributed by atoms with Gasteiger partial charge in [-0.15, -0.1) is 0 Å². The van der Waals surface area contributed by atoms with Crippen LogP contribution in [0.25, 0.3) is 0 Å². The Labute approximate surface area is 58.0 Å². The molecule has 3 nitrogen and oxygen atoms in total. The molecule has 35 valence electrons. The molecular weight excluding hydrogens is 189 g/mol. The minimum Gasteiger partial charge on any atom is -0.652 e. The molecule has 0 N–H and O–H groups in total. The SMILES string of the molecule is O=C([O-])[O-].[Cu+2].[Zn]. The van der Waals surface area contributed by atoms with E-state index in [1.165, 1.54) is 0 Å².